The van der Waals surface area contributed by atoms with Gasteiger partial charge in [0.05, 0.1) is 5.69 Å². The van der Waals surface area contributed by atoms with Gasteiger partial charge in [0.15, 0.2) is 0 Å². The minimum absolute atomic E-state index is 0.149. The van der Waals surface area contributed by atoms with Crippen molar-refractivity contribution in [2.24, 2.45) is 0 Å². The Morgan fingerprint density at radius 3 is 3.12 bits per heavy atom. The molecule has 2 rings (SSSR count). The first kappa shape index (κ1) is 11.2. The number of carbonyl (C=O) groups is 1. The molecule has 0 bridgehead atoms. The second-order valence-electron chi connectivity index (χ2n) is 3.69. The van der Waals surface area contributed by atoms with Gasteiger partial charge in [-0.25, -0.2) is 9.78 Å². The molecule has 0 aromatic carbocycles. The lowest BCUT2D eigenvalue weighted by molar-refractivity contribution is 0.0697. The molecule has 86 valence electrons. The maximum Gasteiger partial charge on any atom is 0.339 e. The zero-order valence-electron chi connectivity index (χ0n) is 8.53. The fraction of sp³-hybridized carbons (Fsp3) is 0.400. The average Bonchev–Trinajstić information content (AvgIpc) is 2.70. The Labute approximate surface area is 97.8 Å². The third-order valence-corrected chi connectivity index (χ3v) is 2.73. The van der Waals surface area contributed by atoms with Gasteiger partial charge in [0.1, 0.15) is 10.7 Å². The first-order chi connectivity index (χ1) is 7.66. The van der Waals surface area contributed by atoms with Crippen LogP contribution in [0.1, 0.15) is 16.8 Å². The molecule has 1 saturated heterocycles. The number of halogens is 1. The Morgan fingerprint density at radius 1 is 1.69 bits per heavy atom. The summed E-state index contributed by atoms with van der Waals surface area (Å²) < 4.78 is 0. The number of carboxylic acids is 1. The number of hydrogen-bond donors (Lipinski definition) is 3. The van der Waals surface area contributed by atoms with Crippen molar-refractivity contribution < 1.29 is 9.90 Å². The van der Waals surface area contributed by atoms with Gasteiger partial charge in [-0.15, -0.1) is 0 Å². The molecule has 1 aliphatic rings. The lowest BCUT2D eigenvalue weighted by atomic mass is 10.2. The summed E-state index contributed by atoms with van der Waals surface area (Å²) >= 11 is 5.75. The Kier molecular flexibility index (Phi) is 3.26. The third kappa shape index (κ3) is 2.43. The van der Waals surface area contributed by atoms with E-state index in [0.29, 0.717) is 10.8 Å². The molecule has 6 heteroatoms. The van der Waals surface area contributed by atoms with Crippen molar-refractivity contribution in [2.75, 3.05) is 18.4 Å². The summed E-state index contributed by atoms with van der Waals surface area (Å²) in [6.07, 6.45) is 2.24. The van der Waals surface area contributed by atoms with Crippen LogP contribution in [-0.2, 0) is 0 Å². The van der Waals surface area contributed by atoms with Gasteiger partial charge < -0.3 is 15.7 Å². The van der Waals surface area contributed by atoms with E-state index in [1.807, 2.05) is 0 Å². The van der Waals surface area contributed by atoms with Crippen LogP contribution in [0.4, 0.5) is 5.69 Å². The van der Waals surface area contributed by atoms with Crippen LogP contribution in [0.15, 0.2) is 12.3 Å². The predicted molar refractivity (Wildman–Crippen MR) is 61.1 cm³/mol. The van der Waals surface area contributed by atoms with E-state index in [-0.39, 0.29) is 11.6 Å². The molecular formula is C10H12ClN3O2. The standard InChI is InChI=1S/C10H12ClN3O2/c11-9-3-8(7(5-13-9)10(15)16)14-6-1-2-12-4-6/h3,5-6,12H,1-2,4H2,(H,13,14)(H,15,16)/t6-/m0/s1. The molecule has 1 fully saturated rings. The van der Waals surface area contributed by atoms with E-state index >= 15 is 0 Å². The molecule has 1 atom stereocenters. The van der Waals surface area contributed by atoms with Crippen molar-refractivity contribution in [1.82, 2.24) is 10.3 Å². The lowest BCUT2D eigenvalue weighted by Crippen LogP contribution is -2.23. The number of carboxylic acid groups (broad SMARTS) is 1. The highest BCUT2D eigenvalue weighted by molar-refractivity contribution is 6.29. The van der Waals surface area contributed by atoms with E-state index in [2.05, 4.69) is 15.6 Å². The predicted octanol–water partition coefficient (Wildman–Crippen LogP) is 1.21. The molecule has 16 heavy (non-hydrogen) atoms. The van der Waals surface area contributed by atoms with Gasteiger partial charge >= 0.3 is 5.97 Å². The van der Waals surface area contributed by atoms with Gasteiger partial charge in [-0.05, 0) is 19.0 Å². The maximum atomic E-state index is 11.0. The Hall–Kier alpha value is -1.33. The second-order valence-corrected chi connectivity index (χ2v) is 4.08. The topological polar surface area (TPSA) is 74.2 Å². The van der Waals surface area contributed by atoms with Crippen LogP contribution in [0.2, 0.25) is 5.15 Å². The molecule has 3 N–H and O–H groups in total. The summed E-state index contributed by atoms with van der Waals surface area (Å²) in [6, 6.07) is 1.79. The number of anilines is 1. The molecule has 1 aromatic rings. The number of nitrogens with zero attached hydrogens (tertiary/aromatic N) is 1. The third-order valence-electron chi connectivity index (χ3n) is 2.52. The first-order valence-corrected chi connectivity index (χ1v) is 5.40. The fourth-order valence-corrected chi connectivity index (χ4v) is 1.88. The highest BCUT2D eigenvalue weighted by Gasteiger charge is 2.18. The van der Waals surface area contributed by atoms with E-state index < -0.39 is 5.97 Å². The molecule has 0 unspecified atom stereocenters. The summed E-state index contributed by atoms with van der Waals surface area (Å²) in [5, 5.41) is 15.6. The van der Waals surface area contributed by atoms with E-state index in [1.54, 1.807) is 6.07 Å². The van der Waals surface area contributed by atoms with Gasteiger partial charge in [-0.1, -0.05) is 11.6 Å². The Morgan fingerprint density at radius 2 is 2.50 bits per heavy atom. The number of aromatic carboxylic acids is 1. The van der Waals surface area contributed by atoms with Crippen molar-refractivity contribution >= 4 is 23.3 Å². The minimum Gasteiger partial charge on any atom is -0.478 e. The zero-order valence-corrected chi connectivity index (χ0v) is 9.29. The lowest BCUT2D eigenvalue weighted by Gasteiger charge is -2.14. The summed E-state index contributed by atoms with van der Waals surface area (Å²) in [5.41, 5.74) is 0.678. The first-order valence-electron chi connectivity index (χ1n) is 5.03. The van der Waals surface area contributed by atoms with Crippen LogP contribution in [0.5, 0.6) is 0 Å². The van der Waals surface area contributed by atoms with Crippen LogP contribution < -0.4 is 10.6 Å². The normalized spacial score (nSPS) is 19.7. The second kappa shape index (κ2) is 4.67. The fourth-order valence-electron chi connectivity index (χ4n) is 1.72. The van der Waals surface area contributed by atoms with Crippen LogP contribution in [0.25, 0.3) is 0 Å². The SMILES string of the molecule is O=C(O)c1cnc(Cl)cc1N[C@H]1CCNC1. The number of pyridine rings is 1. The van der Waals surface area contributed by atoms with E-state index in [1.165, 1.54) is 6.20 Å². The van der Waals surface area contributed by atoms with E-state index in [0.717, 1.165) is 19.5 Å². The van der Waals surface area contributed by atoms with Crippen molar-refractivity contribution in [3.8, 4) is 0 Å². The van der Waals surface area contributed by atoms with Gasteiger partial charge in [0.2, 0.25) is 0 Å². The quantitative estimate of drug-likeness (QED) is 0.694. The monoisotopic (exact) mass is 241 g/mol. The zero-order chi connectivity index (χ0) is 11.5. The molecule has 0 aliphatic carbocycles. The average molecular weight is 242 g/mol. The van der Waals surface area contributed by atoms with Crippen molar-refractivity contribution in [3.05, 3.63) is 23.0 Å². The molecule has 0 spiro atoms. The molecule has 0 saturated carbocycles. The molecule has 0 amide bonds. The molecular weight excluding hydrogens is 230 g/mol. The molecule has 2 heterocycles. The Bertz CT molecular complexity index is 405. The number of rotatable bonds is 3. The highest BCUT2D eigenvalue weighted by Crippen LogP contribution is 2.20. The van der Waals surface area contributed by atoms with Crippen LogP contribution in [-0.4, -0.2) is 35.2 Å². The molecule has 0 radical (unpaired) electrons. The summed E-state index contributed by atoms with van der Waals surface area (Å²) in [4.78, 5) is 14.7. The van der Waals surface area contributed by atoms with Crippen LogP contribution in [0, 0.1) is 0 Å². The smallest absolute Gasteiger partial charge is 0.339 e. The van der Waals surface area contributed by atoms with Gasteiger partial charge in [0, 0.05) is 18.8 Å². The van der Waals surface area contributed by atoms with E-state index in [9.17, 15) is 4.79 Å². The minimum atomic E-state index is -1.00. The highest BCUT2D eigenvalue weighted by atomic mass is 35.5. The van der Waals surface area contributed by atoms with Crippen molar-refractivity contribution in [1.29, 1.82) is 0 Å². The summed E-state index contributed by atoms with van der Waals surface area (Å²) in [5.74, 6) is -1.00. The van der Waals surface area contributed by atoms with Crippen LogP contribution in [0.3, 0.4) is 0 Å². The van der Waals surface area contributed by atoms with Gasteiger partial charge in [0.25, 0.3) is 0 Å². The maximum absolute atomic E-state index is 11.0. The molecule has 1 aromatic heterocycles. The summed E-state index contributed by atoms with van der Waals surface area (Å²) in [6.45, 7) is 1.78. The molecule has 1 aliphatic heterocycles. The number of aromatic nitrogens is 1. The van der Waals surface area contributed by atoms with Gasteiger partial charge in [-0.2, -0.15) is 0 Å². The number of hydrogen-bond acceptors (Lipinski definition) is 4. The van der Waals surface area contributed by atoms with E-state index in [4.69, 9.17) is 16.7 Å². The Balaban J connectivity index is 2.22. The van der Waals surface area contributed by atoms with Gasteiger partial charge in [-0.3, -0.25) is 0 Å². The number of nitrogens with one attached hydrogen (secondary N) is 2. The van der Waals surface area contributed by atoms with Crippen molar-refractivity contribution in [3.63, 3.8) is 0 Å². The molecule has 5 nitrogen and oxygen atoms in total. The van der Waals surface area contributed by atoms with Crippen LogP contribution >= 0.6 is 11.6 Å². The van der Waals surface area contributed by atoms with Crippen molar-refractivity contribution in [2.45, 2.75) is 12.5 Å². The summed E-state index contributed by atoms with van der Waals surface area (Å²) in [7, 11) is 0. The largest absolute Gasteiger partial charge is 0.478 e.